The lowest BCUT2D eigenvalue weighted by atomic mass is 10.3. The summed E-state index contributed by atoms with van der Waals surface area (Å²) >= 11 is 0. The van der Waals surface area contributed by atoms with E-state index in [0.717, 1.165) is 17.2 Å². The standard InChI is InChI=1S/C13H13N7/c1-18-7-12(17-9-18)20-11-2-3-15-10(11)6-16-13(20)19-5-4-14-8-19/h2-9,13,15H,1H3. The summed E-state index contributed by atoms with van der Waals surface area (Å²) in [6.07, 6.45) is 12.7. The van der Waals surface area contributed by atoms with E-state index in [9.17, 15) is 0 Å². The number of aliphatic imine (C=N–C) groups is 1. The van der Waals surface area contributed by atoms with Crippen LogP contribution in [-0.2, 0) is 7.05 Å². The van der Waals surface area contributed by atoms with Crippen LogP contribution in [-0.4, -0.2) is 30.3 Å². The lowest BCUT2D eigenvalue weighted by Crippen LogP contribution is -2.30. The maximum Gasteiger partial charge on any atom is 0.209 e. The molecule has 4 rings (SSSR count). The van der Waals surface area contributed by atoms with Crippen molar-refractivity contribution < 1.29 is 0 Å². The number of hydrogen-bond acceptors (Lipinski definition) is 4. The number of anilines is 2. The third kappa shape index (κ3) is 1.56. The molecule has 1 N–H and O–H groups in total. The van der Waals surface area contributed by atoms with E-state index >= 15 is 0 Å². The highest BCUT2D eigenvalue weighted by molar-refractivity contribution is 5.89. The van der Waals surface area contributed by atoms with Crippen molar-refractivity contribution in [1.82, 2.24) is 24.1 Å². The molecule has 1 aliphatic rings. The molecule has 100 valence electrons. The molecule has 1 atom stereocenters. The molecule has 0 bridgehead atoms. The Balaban J connectivity index is 1.87. The third-order valence-electron chi connectivity index (χ3n) is 3.31. The van der Waals surface area contributed by atoms with Crippen molar-refractivity contribution in [3.05, 3.63) is 49.2 Å². The number of nitrogens with zero attached hydrogens (tertiary/aromatic N) is 6. The van der Waals surface area contributed by atoms with E-state index in [0.29, 0.717) is 0 Å². The molecule has 7 nitrogen and oxygen atoms in total. The van der Waals surface area contributed by atoms with Gasteiger partial charge in [0.05, 0.1) is 30.3 Å². The van der Waals surface area contributed by atoms with Crippen LogP contribution in [0, 0.1) is 0 Å². The van der Waals surface area contributed by atoms with E-state index in [2.05, 4.69) is 24.8 Å². The van der Waals surface area contributed by atoms with Gasteiger partial charge in [-0.1, -0.05) is 0 Å². The first-order valence-electron chi connectivity index (χ1n) is 6.28. The second-order valence-corrected chi connectivity index (χ2v) is 4.68. The molecule has 0 fully saturated rings. The zero-order valence-corrected chi connectivity index (χ0v) is 10.9. The van der Waals surface area contributed by atoms with Gasteiger partial charge in [0, 0.05) is 31.8 Å². The van der Waals surface area contributed by atoms with Gasteiger partial charge in [0.2, 0.25) is 6.29 Å². The first kappa shape index (κ1) is 11.0. The van der Waals surface area contributed by atoms with E-state index < -0.39 is 0 Å². The van der Waals surface area contributed by atoms with E-state index in [1.54, 1.807) is 18.9 Å². The molecule has 0 aliphatic carbocycles. The molecule has 1 aliphatic heterocycles. The van der Waals surface area contributed by atoms with Crippen LogP contribution in [0.5, 0.6) is 0 Å². The molecule has 0 saturated carbocycles. The summed E-state index contributed by atoms with van der Waals surface area (Å²) in [5, 5.41) is 0. The van der Waals surface area contributed by atoms with Crippen molar-refractivity contribution in [3.63, 3.8) is 0 Å². The number of H-pyrrole nitrogens is 1. The van der Waals surface area contributed by atoms with Crippen LogP contribution in [0.2, 0.25) is 0 Å². The second-order valence-electron chi connectivity index (χ2n) is 4.68. The van der Waals surface area contributed by atoms with Crippen molar-refractivity contribution in [2.24, 2.45) is 12.0 Å². The van der Waals surface area contributed by atoms with Gasteiger partial charge >= 0.3 is 0 Å². The zero-order valence-electron chi connectivity index (χ0n) is 10.9. The Morgan fingerprint density at radius 3 is 3.00 bits per heavy atom. The van der Waals surface area contributed by atoms with Gasteiger partial charge in [0.15, 0.2) is 5.82 Å². The maximum absolute atomic E-state index is 4.60. The molecule has 0 aromatic carbocycles. The highest BCUT2D eigenvalue weighted by Crippen LogP contribution is 2.36. The number of imidazole rings is 2. The number of rotatable bonds is 2. The van der Waals surface area contributed by atoms with Crippen molar-refractivity contribution >= 4 is 17.7 Å². The summed E-state index contributed by atoms with van der Waals surface area (Å²) in [6.45, 7) is 0. The Hall–Kier alpha value is -2.83. The quantitative estimate of drug-likeness (QED) is 0.768. The molecule has 3 aromatic rings. The fourth-order valence-electron chi connectivity index (χ4n) is 2.40. The Labute approximate surface area is 115 Å². The van der Waals surface area contributed by atoms with Gasteiger partial charge in [0.25, 0.3) is 0 Å². The lowest BCUT2D eigenvalue weighted by Gasteiger charge is -2.31. The minimum atomic E-state index is -0.212. The molecule has 0 radical (unpaired) electrons. The Bertz CT molecular complexity index is 749. The highest BCUT2D eigenvalue weighted by atomic mass is 15.4. The van der Waals surface area contributed by atoms with Gasteiger partial charge in [-0.3, -0.25) is 9.47 Å². The van der Waals surface area contributed by atoms with Crippen LogP contribution < -0.4 is 4.90 Å². The van der Waals surface area contributed by atoms with Gasteiger partial charge in [-0.25, -0.2) is 15.0 Å². The van der Waals surface area contributed by atoms with Gasteiger partial charge in [0.1, 0.15) is 0 Å². The molecule has 20 heavy (non-hydrogen) atoms. The largest absolute Gasteiger partial charge is 0.359 e. The first-order valence-corrected chi connectivity index (χ1v) is 6.28. The highest BCUT2D eigenvalue weighted by Gasteiger charge is 2.28. The Kier molecular flexibility index (Phi) is 2.26. The summed E-state index contributed by atoms with van der Waals surface area (Å²) in [5.41, 5.74) is 2.03. The molecular weight excluding hydrogens is 254 g/mol. The Morgan fingerprint density at radius 2 is 2.25 bits per heavy atom. The predicted molar refractivity (Wildman–Crippen MR) is 75.0 cm³/mol. The summed E-state index contributed by atoms with van der Waals surface area (Å²) in [4.78, 5) is 18.4. The van der Waals surface area contributed by atoms with Crippen molar-refractivity contribution in [3.8, 4) is 0 Å². The van der Waals surface area contributed by atoms with Gasteiger partial charge < -0.3 is 9.55 Å². The topological polar surface area (TPSA) is 67.0 Å². The lowest BCUT2D eigenvalue weighted by molar-refractivity contribution is 0.526. The molecule has 0 spiro atoms. The van der Waals surface area contributed by atoms with E-state index in [1.165, 1.54) is 0 Å². The molecular formula is C13H13N7. The molecule has 0 saturated heterocycles. The third-order valence-corrected chi connectivity index (χ3v) is 3.31. The van der Waals surface area contributed by atoms with Crippen LogP contribution in [0.25, 0.3) is 0 Å². The molecule has 1 unspecified atom stereocenters. The smallest absolute Gasteiger partial charge is 0.209 e. The monoisotopic (exact) mass is 267 g/mol. The summed E-state index contributed by atoms with van der Waals surface area (Å²) in [5.74, 6) is 0.851. The zero-order chi connectivity index (χ0) is 13.5. The summed E-state index contributed by atoms with van der Waals surface area (Å²) in [6, 6.07) is 2.03. The summed E-state index contributed by atoms with van der Waals surface area (Å²) < 4.78 is 3.87. The van der Waals surface area contributed by atoms with Crippen LogP contribution in [0.15, 0.2) is 48.5 Å². The Morgan fingerprint density at radius 1 is 1.30 bits per heavy atom. The van der Waals surface area contributed by atoms with Crippen molar-refractivity contribution in [2.45, 2.75) is 6.29 Å². The van der Waals surface area contributed by atoms with Crippen LogP contribution in [0.4, 0.5) is 11.5 Å². The number of aromatic nitrogens is 5. The fourth-order valence-corrected chi connectivity index (χ4v) is 2.40. The van der Waals surface area contributed by atoms with Gasteiger partial charge in [-0.2, -0.15) is 0 Å². The predicted octanol–water partition coefficient (Wildman–Crippen LogP) is 1.67. The van der Waals surface area contributed by atoms with Crippen molar-refractivity contribution in [1.29, 1.82) is 0 Å². The normalized spacial score (nSPS) is 17.4. The number of aromatic amines is 1. The van der Waals surface area contributed by atoms with Crippen LogP contribution >= 0.6 is 0 Å². The van der Waals surface area contributed by atoms with Crippen LogP contribution in [0.3, 0.4) is 0 Å². The van der Waals surface area contributed by atoms with Crippen molar-refractivity contribution in [2.75, 3.05) is 4.90 Å². The molecule has 7 heteroatoms. The maximum atomic E-state index is 4.60. The number of aryl methyl sites for hydroxylation is 1. The van der Waals surface area contributed by atoms with Gasteiger partial charge in [-0.15, -0.1) is 0 Å². The minimum absolute atomic E-state index is 0.212. The summed E-state index contributed by atoms with van der Waals surface area (Å²) in [7, 11) is 1.95. The van der Waals surface area contributed by atoms with E-state index in [1.807, 2.05) is 47.1 Å². The first-order chi connectivity index (χ1) is 9.83. The SMILES string of the molecule is Cn1cnc(N2c3cc[nH]c3C=NC2n2ccnc2)c1. The molecule has 4 heterocycles. The second kappa shape index (κ2) is 4.09. The minimum Gasteiger partial charge on any atom is -0.359 e. The van der Waals surface area contributed by atoms with Gasteiger partial charge in [-0.05, 0) is 6.07 Å². The van der Waals surface area contributed by atoms with E-state index in [-0.39, 0.29) is 6.29 Å². The molecule has 3 aromatic heterocycles. The average Bonchev–Trinajstić information content (AvgIpc) is 3.18. The number of hydrogen-bond donors (Lipinski definition) is 1. The fraction of sp³-hybridized carbons (Fsp3) is 0.154. The average molecular weight is 267 g/mol. The van der Waals surface area contributed by atoms with E-state index in [4.69, 9.17) is 0 Å². The molecule has 0 amide bonds. The number of nitrogens with one attached hydrogen (secondary N) is 1. The van der Waals surface area contributed by atoms with Crippen LogP contribution in [0.1, 0.15) is 12.0 Å². The number of fused-ring (bicyclic) bond motifs is 1.